The summed E-state index contributed by atoms with van der Waals surface area (Å²) in [6.07, 6.45) is 0. The highest BCUT2D eigenvalue weighted by molar-refractivity contribution is 6.54. The summed E-state index contributed by atoms with van der Waals surface area (Å²) in [7, 11) is 0. The topological polar surface area (TPSA) is 43.1 Å². The Kier molecular flexibility index (Phi) is 2.81. The third-order valence-corrected chi connectivity index (χ3v) is 3.54. The van der Waals surface area contributed by atoms with E-state index in [-0.39, 0.29) is 17.2 Å². The van der Waals surface area contributed by atoms with Crippen molar-refractivity contribution in [2.45, 2.75) is 0 Å². The largest absolute Gasteiger partial charge is 0.618 e. The van der Waals surface area contributed by atoms with Crippen LogP contribution in [0.1, 0.15) is 15.9 Å². The van der Waals surface area contributed by atoms with Gasteiger partial charge < -0.3 is 5.21 Å². The van der Waals surface area contributed by atoms with E-state index in [1.807, 2.05) is 0 Å². The molecule has 0 bridgehead atoms. The van der Waals surface area contributed by atoms with Crippen molar-refractivity contribution in [2.24, 2.45) is 0 Å². The van der Waals surface area contributed by atoms with E-state index in [0.29, 0.717) is 25.9 Å². The summed E-state index contributed by atoms with van der Waals surface area (Å²) in [6.45, 7) is 0. The molecule has 0 unspecified atom stereocenters. The molecule has 1 heterocycles. The maximum absolute atomic E-state index is 12.3. The molecule has 2 aromatic rings. The molecule has 94 valence electrons. The molecule has 0 amide bonds. The number of carbonyl (C=O) groups is 1. The number of nitrogens with zero attached hydrogens (tertiary/aromatic N) is 1. The fraction of sp³-hybridized carbons (Fsp3) is 0. The average Bonchev–Trinajstić information content (AvgIpc) is 2.63. The van der Waals surface area contributed by atoms with Crippen LogP contribution in [0.2, 0.25) is 10.0 Å². The summed E-state index contributed by atoms with van der Waals surface area (Å²) < 4.78 is 0.588. The van der Waals surface area contributed by atoms with Gasteiger partial charge in [0.25, 0.3) is 11.5 Å². The Morgan fingerprint density at radius 2 is 1.74 bits per heavy atom. The number of carbonyl (C=O) groups excluding carboxylic acids is 1. The van der Waals surface area contributed by atoms with E-state index >= 15 is 0 Å². The van der Waals surface area contributed by atoms with Crippen molar-refractivity contribution < 1.29 is 9.53 Å². The highest BCUT2D eigenvalue weighted by atomic mass is 35.5. The predicted octanol–water partition coefficient (Wildman–Crippen LogP) is 3.82. The van der Waals surface area contributed by atoms with E-state index in [0.717, 1.165) is 0 Å². The van der Waals surface area contributed by atoms with Crippen LogP contribution in [-0.2, 0) is 0 Å². The normalized spacial score (nSPS) is 13.9. The number of rotatable bonds is 1. The number of fused-ring (bicyclic) bond motifs is 1. The number of hydrogen-bond acceptors (Lipinski definition) is 2. The van der Waals surface area contributed by atoms with E-state index in [2.05, 4.69) is 0 Å². The summed E-state index contributed by atoms with van der Waals surface area (Å²) in [5, 5.41) is 13.0. The first-order valence-corrected chi connectivity index (χ1v) is 6.28. The van der Waals surface area contributed by atoms with Crippen molar-refractivity contribution in [2.75, 3.05) is 0 Å². The first-order valence-electron chi connectivity index (χ1n) is 5.53. The molecule has 3 rings (SSSR count). The molecule has 2 aromatic carbocycles. The summed E-state index contributed by atoms with van der Waals surface area (Å²) in [6, 6.07) is 11.4. The first-order chi connectivity index (χ1) is 9.09. The van der Waals surface area contributed by atoms with Crippen LogP contribution in [0, 0.1) is 5.21 Å². The molecular weight excluding hydrogens is 285 g/mol. The number of benzene rings is 2. The molecule has 3 nitrogen and oxygen atoms in total. The van der Waals surface area contributed by atoms with Crippen molar-refractivity contribution in [1.82, 2.24) is 0 Å². The molecule has 0 atom stereocenters. The predicted molar refractivity (Wildman–Crippen MR) is 74.6 cm³/mol. The lowest BCUT2D eigenvalue weighted by molar-refractivity contribution is -0.355. The Morgan fingerprint density at radius 1 is 1.00 bits per heavy atom. The second-order valence-corrected chi connectivity index (χ2v) is 4.96. The van der Waals surface area contributed by atoms with E-state index in [9.17, 15) is 10.0 Å². The third kappa shape index (κ3) is 1.82. The fourth-order valence-electron chi connectivity index (χ4n) is 2.09. The highest BCUT2D eigenvalue weighted by Crippen LogP contribution is 2.32. The van der Waals surface area contributed by atoms with Gasteiger partial charge in [0.05, 0.1) is 10.6 Å². The molecule has 0 saturated heterocycles. The molecular formula is C14H7Cl2NO2. The van der Waals surface area contributed by atoms with Gasteiger partial charge in [-0.1, -0.05) is 35.3 Å². The lowest BCUT2D eigenvalue weighted by atomic mass is 10.0. The van der Waals surface area contributed by atoms with Gasteiger partial charge in [0.2, 0.25) is 5.69 Å². The second kappa shape index (κ2) is 4.37. The van der Waals surface area contributed by atoms with Crippen LogP contribution >= 0.6 is 23.2 Å². The first kappa shape index (κ1) is 12.2. The smallest absolute Gasteiger partial charge is 0.274 e. The molecule has 19 heavy (non-hydrogen) atoms. The van der Waals surface area contributed by atoms with Crippen LogP contribution in [-0.4, -0.2) is 16.2 Å². The monoisotopic (exact) mass is 291 g/mol. The fourth-order valence-corrected chi connectivity index (χ4v) is 2.48. The van der Waals surface area contributed by atoms with E-state index in [1.54, 1.807) is 36.4 Å². The van der Waals surface area contributed by atoms with Crippen LogP contribution in [0.4, 0.5) is 5.69 Å². The van der Waals surface area contributed by atoms with Crippen LogP contribution in [0.5, 0.6) is 0 Å². The lowest BCUT2D eigenvalue weighted by Crippen LogP contribution is -2.16. The van der Waals surface area contributed by atoms with E-state index < -0.39 is 0 Å². The van der Waals surface area contributed by atoms with Crippen molar-refractivity contribution in [3.63, 3.8) is 0 Å². The van der Waals surface area contributed by atoms with Crippen molar-refractivity contribution >= 4 is 40.4 Å². The number of Topliss-reactive ketones (excluding diaryl/α,β-unsaturated/α-hetero) is 1. The molecule has 0 radical (unpaired) electrons. The molecule has 1 aliphatic rings. The summed E-state index contributed by atoms with van der Waals surface area (Å²) in [5.74, 6) is -0.338. The van der Waals surface area contributed by atoms with Gasteiger partial charge in [0.15, 0.2) is 0 Å². The molecule has 0 N–H and O–H groups in total. The molecule has 0 aromatic heterocycles. The molecule has 0 spiro atoms. The van der Waals surface area contributed by atoms with Crippen LogP contribution in [0.3, 0.4) is 0 Å². The van der Waals surface area contributed by atoms with Crippen molar-refractivity contribution in [3.05, 3.63) is 68.8 Å². The van der Waals surface area contributed by atoms with Crippen molar-refractivity contribution in [1.29, 1.82) is 0 Å². The number of hydrogen-bond donors (Lipinski definition) is 0. The zero-order valence-electron chi connectivity index (χ0n) is 9.56. The summed E-state index contributed by atoms with van der Waals surface area (Å²) in [5.41, 5.74) is 1.06. The number of halogens is 2. The lowest BCUT2D eigenvalue weighted by Gasteiger charge is -2.03. The Labute approximate surface area is 119 Å². The van der Waals surface area contributed by atoms with Gasteiger partial charge in [0.1, 0.15) is 5.56 Å². The average molecular weight is 292 g/mol. The molecule has 0 fully saturated rings. The third-order valence-electron chi connectivity index (χ3n) is 2.97. The Hall–Kier alpha value is -1.84. The van der Waals surface area contributed by atoms with Crippen LogP contribution < -0.4 is 0 Å². The van der Waals surface area contributed by atoms with Gasteiger partial charge >= 0.3 is 0 Å². The Balaban J connectivity index is 2.25. The van der Waals surface area contributed by atoms with Crippen LogP contribution in [0.25, 0.3) is 0 Å². The Morgan fingerprint density at radius 3 is 2.47 bits per heavy atom. The SMILES string of the molecule is O=C1C(c2ccccc2Cl)=[N+]([O-])c2cc(Cl)ccc21. The summed E-state index contributed by atoms with van der Waals surface area (Å²) in [4.78, 5) is 12.3. The van der Waals surface area contributed by atoms with Gasteiger partial charge in [-0.15, -0.1) is 0 Å². The highest BCUT2D eigenvalue weighted by Gasteiger charge is 2.37. The maximum atomic E-state index is 12.3. The zero-order valence-corrected chi connectivity index (χ0v) is 11.1. The zero-order chi connectivity index (χ0) is 13.6. The maximum Gasteiger partial charge on any atom is 0.274 e. The van der Waals surface area contributed by atoms with E-state index in [1.165, 1.54) is 6.07 Å². The molecule has 5 heteroatoms. The van der Waals surface area contributed by atoms with E-state index in [4.69, 9.17) is 23.2 Å². The minimum atomic E-state index is -0.338. The number of ketones is 1. The standard InChI is InChI=1S/C14H7Cl2NO2/c15-8-5-6-10-12(7-8)17(19)13(14(10)18)9-3-1-2-4-11(9)16/h1-7H. The van der Waals surface area contributed by atoms with Gasteiger partial charge in [-0.3, -0.25) is 4.79 Å². The summed E-state index contributed by atoms with van der Waals surface area (Å²) >= 11 is 11.9. The molecule has 0 saturated carbocycles. The second-order valence-electron chi connectivity index (χ2n) is 4.11. The van der Waals surface area contributed by atoms with Crippen LogP contribution in [0.15, 0.2) is 42.5 Å². The van der Waals surface area contributed by atoms with Gasteiger partial charge in [-0.05, 0) is 24.3 Å². The Bertz CT molecular complexity index is 738. The van der Waals surface area contributed by atoms with Gasteiger partial charge in [-0.2, -0.15) is 4.74 Å². The van der Waals surface area contributed by atoms with Gasteiger partial charge in [-0.25, -0.2) is 0 Å². The minimum Gasteiger partial charge on any atom is -0.618 e. The molecule has 0 aliphatic carbocycles. The van der Waals surface area contributed by atoms with Gasteiger partial charge in [0, 0.05) is 11.1 Å². The minimum absolute atomic E-state index is 0.0304. The molecule has 1 aliphatic heterocycles. The van der Waals surface area contributed by atoms with Crippen molar-refractivity contribution in [3.8, 4) is 0 Å². The quantitative estimate of drug-likeness (QED) is 0.592.